The highest BCUT2D eigenvalue weighted by atomic mass is 32.2. The quantitative estimate of drug-likeness (QED) is 0.192. The average molecular weight is 675 g/mol. The van der Waals surface area contributed by atoms with Crippen LogP contribution in [0.25, 0.3) is 33.2 Å². The van der Waals surface area contributed by atoms with E-state index in [0.717, 1.165) is 42.7 Å². The first kappa shape index (κ1) is 32.7. The maximum atomic E-state index is 14.3. The summed E-state index contributed by atoms with van der Waals surface area (Å²) in [6.45, 7) is 4.41. The van der Waals surface area contributed by atoms with Gasteiger partial charge in [-0.1, -0.05) is 18.2 Å². The summed E-state index contributed by atoms with van der Waals surface area (Å²) in [4.78, 5) is 23.0. The van der Waals surface area contributed by atoms with Crippen molar-refractivity contribution in [3.8, 4) is 28.1 Å². The lowest BCUT2D eigenvalue weighted by Crippen LogP contribution is -2.41. The molecule has 0 unspecified atom stereocenters. The van der Waals surface area contributed by atoms with Gasteiger partial charge in [0.05, 0.1) is 25.8 Å². The molecule has 0 bridgehead atoms. The first-order valence-electron chi connectivity index (χ1n) is 15.0. The molecule has 0 radical (unpaired) electrons. The second-order valence-electron chi connectivity index (χ2n) is 11.1. The predicted octanol–water partition coefficient (Wildman–Crippen LogP) is 4.70. The lowest BCUT2D eigenvalue weighted by Gasteiger charge is -2.26. The molecule has 248 valence electrons. The summed E-state index contributed by atoms with van der Waals surface area (Å²) in [6, 6.07) is 18.1. The summed E-state index contributed by atoms with van der Waals surface area (Å²) >= 11 is 0. The molecule has 1 saturated heterocycles. The van der Waals surface area contributed by atoms with Gasteiger partial charge in [0.25, 0.3) is 15.9 Å². The number of nitrogens with one attached hydrogen (secondary N) is 2. The Bertz CT molecular complexity index is 2090. The van der Waals surface area contributed by atoms with Gasteiger partial charge < -0.3 is 20.5 Å². The minimum Gasteiger partial charge on any atom is -0.480 e. The van der Waals surface area contributed by atoms with E-state index >= 15 is 0 Å². The minimum atomic E-state index is -4.45. The van der Waals surface area contributed by atoms with E-state index in [9.17, 15) is 22.0 Å². The molecule has 0 atom stereocenters. The van der Waals surface area contributed by atoms with Gasteiger partial charge in [-0.3, -0.25) is 14.4 Å². The summed E-state index contributed by atoms with van der Waals surface area (Å²) in [5, 5.41) is 3.70. The van der Waals surface area contributed by atoms with Gasteiger partial charge in [0.2, 0.25) is 5.88 Å². The van der Waals surface area contributed by atoms with Crippen LogP contribution in [0, 0.1) is 11.6 Å². The van der Waals surface area contributed by atoms with Crippen molar-refractivity contribution in [2.45, 2.75) is 4.90 Å². The number of pyridine rings is 2. The molecule has 2 aromatic heterocycles. The molecule has 0 aliphatic carbocycles. The molecule has 3 heterocycles. The van der Waals surface area contributed by atoms with E-state index in [1.807, 2.05) is 24.3 Å². The van der Waals surface area contributed by atoms with E-state index in [-0.39, 0.29) is 17.5 Å². The maximum absolute atomic E-state index is 14.3. The molecule has 4 N–H and O–H groups in total. The molecule has 0 spiro atoms. The van der Waals surface area contributed by atoms with Crippen LogP contribution in [-0.2, 0) is 14.8 Å². The smallest absolute Gasteiger partial charge is 0.264 e. The number of nitrogens with two attached hydrogens (primary N) is 1. The number of hydrogen-bond acceptors (Lipinski definition) is 9. The molecule has 5 aromatic rings. The average Bonchev–Trinajstić information content (AvgIpc) is 3.08. The Morgan fingerprint density at radius 3 is 2.46 bits per heavy atom. The first-order chi connectivity index (χ1) is 23.1. The summed E-state index contributed by atoms with van der Waals surface area (Å²) < 4.78 is 66.6. The number of sulfonamides is 1. The van der Waals surface area contributed by atoms with E-state index in [2.05, 4.69) is 24.9 Å². The number of anilines is 2. The van der Waals surface area contributed by atoms with Gasteiger partial charge in [-0.05, 0) is 59.7 Å². The van der Waals surface area contributed by atoms with Crippen LogP contribution in [0.4, 0.5) is 20.3 Å². The maximum Gasteiger partial charge on any atom is 0.264 e. The fourth-order valence-corrected chi connectivity index (χ4v) is 6.50. The third kappa shape index (κ3) is 7.20. The second-order valence-corrected chi connectivity index (χ2v) is 12.7. The van der Waals surface area contributed by atoms with E-state index in [4.69, 9.17) is 15.2 Å². The highest BCUT2D eigenvalue weighted by molar-refractivity contribution is 7.92. The molecule has 6 rings (SSSR count). The van der Waals surface area contributed by atoms with Gasteiger partial charge in [0.1, 0.15) is 28.0 Å². The summed E-state index contributed by atoms with van der Waals surface area (Å²) in [5.74, 6) is -2.04. The van der Waals surface area contributed by atoms with Gasteiger partial charge >= 0.3 is 0 Å². The zero-order valence-electron chi connectivity index (χ0n) is 25.9. The van der Waals surface area contributed by atoms with E-state index in [1.165, 1.54) is 19.4 Å². The minimum absolute atomic E-state index is 0.0415. The second kappa shape index (κ2) is 13.9. The number of nitrogen functional groups attached to an aromatic ring is 1. The molecule has 14 heteroatoms. The Labute approximate surface area is 275 Å². The van der Waals surface area contributed by atoms with E-state index < -0.39 is 26.6 Å². The standard InChI is InChI=1S/C34H32F2N6O5S/c1-46-34-30(41-48(44,45)31-9-7-26(35)19-28(31)36)18-25(20-39-34)23-6-8-29-24(16-23)17-27(32(37)40-29)21-2-4-22(5-3-21)33(43)38-10-11-42-12-14-47-15-13-42/h2-9,16-20,41H,10-15H2,1H3,(H2,37,40)(H,38,43). The van der Waals surface area contributed by atoms with Crippen LogP contribution in [0.2, 0.25) is 0 Å². The zero-order valence-corrected chi connectivity index (χ0v) is 26.7. The number of rotatable bonds is 10. The number of nitrogens with zero attached hydrogens (tertiary/aromatic N) is 3. The van der Waals surface area contributed by atoms with Crippen LogP contribution in [-0.4, -0.2) is 75.7 Å². The molecule has 1 aliphatic heterocycles. The van der Waals surface area contributed by atoms with Crippen molar-refractivity contribution in [1.29, 1.82) is 0 Å². The number of methoxy groups -OCH3 is 1. The van der Waals surface area contributed by atoms with Crippen molar-refractivity contribution >= 4 is 38.3 Å². The molecule has 1 amide bonds. The predicted molar refractivity (Wildman–Crippen MR) is 178 cm³/mol. The molecule has 1 aliphatic rings. The number of halogens is 2. The first-order valence-corrected chi connectivity index (χ1v) is 16.5. The highest BCUT2D eigenvalue weighted by Gasteiger charge is 2.22. The van der Waals surface area contributed by atoms with Gasteiger partial charge in [-0.15, -0.1) is 0 Å². The molecular formula is C34H32F2N6O5S. The molecular weight excluding hydrogens is 642 g/mol. The van der Waals surface area contributed by atoms with Crippen LogP contribution in [0.15, 0.2) is 83.9 Å². The summed E-state index contributed by atoms with van der Waals surface area (Å²) in [5.41, 5.74) is 10.1. The van der Waals surface area contributed by atoms with Gasteiger partial charge in [0.15, 0.2) is 0 Å². The molecule has 0 saturated carbocycles. The number of carbonyl (C=O) groups is 1. The lowest BCUT2D eigenvalue weighted by atomic mass is 10.00. The highest BCUT2D eigenvalue weighted by Crippen LogP contribution is 2.34. The Morgan fingerprint density at radius 2 is 1.73 bits per heavy atom. The lowest BCUT2D eigenvalue weighted by molar-refractivity contribution is 0.0383. The number of benzene rings is 3. The Morgan fingerprint density at radius 1 is 0.979 bits per heavy atom. The van der Waals surface area contributed by atoms with E-state index in [1.54, 1.807) is 24.3 Å². The monoisotopic (exact) mass is 674 g/mol. The fraction of sp³-hybridized carbons (Fsp3) is 0.206. The number of ether oxygens (including phenoxy) is 2. The number of hydrogen-bond donors (Lipinski definition) is 3. The number of amides is 1. The third-order valence-corrected chi connectivity index (χ3v) is 9.32. The number of carbonyl (C=O) groups excluding carboxylic acids is 1. The number of aromatic nitrogens is 2. The Balaban J connectivity index is 1.23. The molecule has 48 heavy (non-hydrogen) atoms. The molecule has 3 aromatic carbocycles. The van der Waals surface area contributed by atoms with Crippen LogP contribution in [0.3, 0.4) is 0 Å². The van der Waals surface area contributed by atoms with Crippen molar-refractivity contribution < 1.29 is 31.5 Å². The normalized spacial score (nSPS) is 13.7. The van der Waals surface area contributed by atoms with Crippen LogP contribution in [0.5, 0.6) is 5.88 Å². The van der Waals surface area contributed by atoms with Crippen LogP contribution < -0.4 is 20.5 Å². The zero-order chi connectivity index (χ0) is 33.8. The van der Waals surface area contributed by atoms with Crippen molar-refractivity contribution in [2.24, 2.45) is 0 Å². The van der Waals surface area contributed by atoms with Crippen molar-refractivity contribution in [3.63, 3.8) is 0 Å². The van der Waals surface area contributed by atoms with Gasteiger partial charge in [0, 0.05) is 60.5 Å². The molecule has 11 nitrogen and oxygen atoms in total. The molecule has 1 fully saturated rings. The van der Waals surface area contributed by atoms with Crippen LogP contribution in [0.1, 0.15) is 10.4 Å². The van der Waals surface area contributed by atoms with Crippen molar-refractivity contribution in [3.05, 3.63) is 96.2 Å². The SMILES string of the molecule is COc1ncc(-c2ccc3nc(N)c(-c4ccc(C(=O)NCCN5CCOCC5)cc4)cc3c2)cc1NS(=O)(=O)c1ccc(F)cc1F. The van der Waals surface area contributed by atoms with Gasteiger partial charge in [-0.2, -0.15) is 0 Å². The fourth-order valence-electron chi connectivity index (χ4n) is 5.40. The van der Waals surface area contributed by atoms with E-state index in [0.29, 0.717) is 59.4 Å². The Hall–Kier alpha value is -5.18. The Kier molecular flexibility index (Phi) is 9.48. The number of fused-ring (bicyclic) bond motifs is 1. The van der Waals surface area contributed by atoms with Crippen LogP contribution >= 0.6 is 0 Å². The summed E-state index contributed by atoms with van der Waals surface area (Å²) in [7, 11) is -3.14. The third-order valence-electron chi connectivity index (χ3n) is 7.93. The number of morpholine rings is 1. The topological polar surface area (TPSA) is 149 Å². The van der Waals surface area contributed by atoms with Crippen molar-refractivity contribution in [2.75, 3.05) is 57.0 Å². The van der Waals surface area contributed by atoms with Crippen molar-refractivity contribution in [1.82, 2.24) is 20.2 Å². The largest absolute Gasteiger partial charge is 0.480 e. The summed E-state index contributed by atoms with van der Waals surface area (Å²) in [6.07, 6.45) is 1.51. The van der Waals surface area contributed by atoms with Gasteiger partial charge in [-0.25, -0.2) is 27.2 Å².